The van der Waals surface area contributed by atoms with E-state index in [2.05, 4.69) is 73.7 Å². The van der Waals surface area contributed by atoms with Gasteiger partial charge in [0.2, 0.25) is 5.51 Å². The topological polar surface area (TPSA) is 54.2 Å². The lowest BCUT2D eigenvalue weighted by atomic mass is 9.86. The van der Waals surface area contributed by atoms with Gasteiger partial charge in [-0.25, -0.2) is 4.79 Å². The Morgan fingerprint density at radius 1 is 0.814 bits per heavy atom. The van der Waals surface area contributed by atoms with Gasteiger partial charge in [0.1, 0.15) is 5.75 Å². The number of carbonyl (C=O) groups excluding carboxylic acids is 1. The summed E-state index contributed by atoms with van der Waals surface area (Å²) in [5.41, 5.74) is 5.66. The third-order valence-corrected chi connectivity index (χ3v) is 8.51. The minimum atomic E-state index is -0.268. The number of benzene rings is 2. The van der Waals surface area contributed by atoms with Crippen molar-refractivity contribution in [1.29, 1.82) is 0 Å². The first kappa shape index (κ1) is 36.8. The summed E-state index contributed by atoms with van der Waals surface area (Å²) in [6, 6.07) is 13.7. The Bertz CT molecular complexity index is 1220. The van der Waals surface area contributed by atoms with Crippen molar-refractivity contribution in [2.45, 2.75) is 124 Å². The number of aryl methyl sites for hydroxylation is 1. The molecule has 2 N–H and O–H groups in total. The van der Waals surface area contributed by atoms with Gasteiger partial charge in [0.05, 0.1) is 22.9 Å². The van der Waals surface area contributed by atoms with Crippen LogP contribution in [0.2, 0.25) is 0 Å². The number of nitrogens with one attached hydrogen (secondary N) is 2. The molecule has 0 fully saturated rings. The number of thiazole rings is 1. The van der Waals surface area contributed by atoms with E-state index in [0.29, 0.717) is 18.8 Å². The molecule has 5 nitrogen and oxygen atoms in total. The van der Waals surface area contributed by atoms with Gasteiger partial charge >= 0.3 is 6.03 Å². The van der Waals surface area contributed by atoms with E-state index < -0.39 is 0 Å². The minimum absolute atomic E-state index is 0. The number of carbonyl (C=O) groups is 1. The summed E-state index contributed by atoms with van der Waals surface area (Å²) in [6.07, 6.45) is 17.9. The van der Waals surface area contributed by atoms with Crippen LogP contribution >= 0.6 is 11.3 Å². The summed E-state index contributed by atoms with van der Waals surface area (Å²) < 4.78 is 8.54. The van der Waals surface area contributed by atoms with Crippen molar-refractivity contribution < 1.29 is 31.1 Å². The summed E-state index contributed by atoms with van der Waals surface area (Å²) in [4.78, 5) is 14.5. The molecular weight excluding hydrogens is 618 g/mol. The van der Waals surface area contributed by atoms with E-state index in [9.17, 15) is 4.79 Å². The van der Waals surface area contributed by atoms with Crippen LogP contribution in [0.15, 0.2) is 54.2 Å². The number of unbranched alkanes of at least 4 members (excludes halogenated alkanes) is 11. The second-order valence-electron chi connectivity index (χ2n) is 12.5. The maximum Gasteiger partial charge on any atom is 0.323 e. The molecule has 0 atom stereocenters. The zero-order valence-electron chi connectivity index (χ0n) is 27.1. The fourth-order valence-electron chi connectivity index (χ4n) is 5.28. The Morgan fingerprint density at radius 3 is 2.00 bits per heavy atom. The van der Waals surface area contributed by atoms with Gasteiger partial charge in [0.25, 0.3) is 0 Å². The van der Waals surface area contributed by atoms with Crippen LogP contribution in [0.5, 0.6) is 5.75 Å². The van der Waals surface area contributed by atoms with Crippen LogP contribution in [-0.2, 0) is 12.0 Å². The van der Waals surface area contributed by atoms with E-state index in [-0.39, 0.29) is 28.4 Å². The van der Waals surface area contributed by atoms with Crippen LogP contribution in [0.3, 0.4) is 0 Å². The molecule has 0 aliphatic rings. The Morgan fingerprint density at radius 2 is 1.40 bits per heavy atom. The van der Waals surface area contributed by atoms with Crippen molar-refractivity contribution in [1.82, 2.24) is 0 Å². The van der Waals surface area contributed by atoms with Crippen LogP contribution in [-0.4, -0.2) is 12.6 Å². The lowest BCUT2D eigenvalue weighted by molar-refractivity contribution is -0.683. The van der Waals surface area contributed by atoms with Gasteiger partial charge in [0.15, 0.2) is 12.7 Å². The first-order valence-corrected chi connectivity index (χ1v) is 17.0. The summed E-state index contributed by atoms with van der Waals surface area (Å²) in [6.45, 7) is 12.3. The average Bonchev–Trinajstić information content (AvgIpc) is 3.36. The first-order chi connectivity index (χ1) is 20.3. The molecule has 2 aromatic carbocycles. The fourth-order valence-corrected chi connectivity index (χ4v) is 5.91. The number of para-hydroxylation sites is 2. The highest BCUT2D eigenvalue weighted by Crippen LogP contribution is 2.37. The Labute approximate surface area is 275 Å². The first-order valence-electron chi connectivity index (χ1n) is 16.1. The third kappa shape index (κ3) is 13.4. The highest BCUT2D eigenvalue weighted by atomic mass is 79.9. The molecule has 2 amide bonds. The molecule has 0 bridgehead atoms. The quantitative estimate of drug-likeness (QED) is 0.109. The lowest BCUT2D eigenvalue weighted by Gasteiger charge is -2.25. The molecule has 0 radical (unpaired) electrons. The standard InChI is InChI=1S/C36H53N3O2S.BrH/c1-6-7-8-9-10-11-12-13-14-15-16-19-25-41-34-31(36(3,4)5)22-20-24-33(34)38-35(40)37-32-23-18-17-21-30(32)27-39-26-29(2)42-28-39;/h17-18,20-24,26,28H,6-16,19,25,27H2,1-5H3,(H-,37,38,40);1H. The third-order valence-electron chi connectivity index (χ3n) is 7.66. The van der Waals surface area contributed by atoms with Crippen LogP contribution < -0.4 is 36.9 Å². The minimum Gasteiger partial charge on any atom is -1.00 e. The van der Waals surface area contributed by atoms with Crippen molar-refractivity contribution in [3.05, 3.63) is 70.2 Å². The number of amides is 2. The largest absolute Gasteiger partial charge is 1.00 e. The molecule has 1 aromatic heterocycles. The molecule has 0 aliphatic carbocycles. The van der Waals surface area contributed by atoms with Crippen LogP contribution in [0, 0.1) is 6.92 Å². The SMILES string of the molecule is CCCCCCCCCCCCCCOc1c(NC(=O)Nc2ccccc2C[n+]2csc(C)c2)cccc1C(C)(C)C.[Br-]. The number of urea groups is 1. The lowest BCUT2D eigenvalue weighted by Crippen LogP contribution is -3.00. The number of ether oxygens (including phenoxy) is 1. The number of nitrogens with zero attached hydrogens (tertiary/aromatic N) is 1. The molecule has 3 rings (SSSR count). The monoisotopic (exact) mass is 671 g/mol. The van der Waals surface area contributed by atoms with Gasteiger partial charge in [-0.1, -0.05) is 140 Å². The smallest absolute Gasteiger partial charge is 0.323 e. The number of anilines is 2. The Hall–Kier alpha value is -2.38. The van der Waals surface area contributed by atoms with Gasteiger partial charge < -0.3 is 32.4 Å². The number of rotatable bonds is 18. The molecule has 0 saturated heterocycles. The van der Waals surface area contributed by atoms with E-state index in [0.717, 1.165) is 29.0 Å². The molecule has 1 heterocycles. The highest BCUT2D eigenvalue weighted by molar-refractivity contribution is 7.09. The van der Waals surface area contributed by atoms with E-state index in [1.807, 2.05) is 30.3 Å². The number of halogens is 1. The summed E-state index contributed by atoms with van der Waals surface area (Å²) in [5, 5.41) is 6.16. The summed E-state index contributed by atoms with van der Waals surface area (Å²) >= 11 is 1.72. The van der Waals surface area contributed by atoms with Crippen LogP contribution in [0.4, 0.5) is 16.2 Å². The van der Waals surface area contributed by atoms with Gasteiger partial charge in [-0.05, 0) is 30.9 Å². The maximum absolute atomic E-state index is 13.2. The maximum atomic E-state index is 13.2. The van der Waals surface area contributed by atoms with Crippen molar-refractivity contribution in [3.63, 3.8) is 0 Å². The van der Waals surface area contributed by atoms with Crippen molar-refractivity contribution >= 4 is 28.7 Å². The van der Waals surface area contributed by atoms with Crippen molar-refractivity contribution in [2.75, 3.05) is 17.2 Å². The van der Waals surface area contributed by atoms with Crippen LogP contribution in [0.25, 0.3) is 0 Å². The molecule has 7 heteroatoms. The zero-order chi connectivity index (χ0) is 30.2. The predicted molar refractivity (Wildman–Crippen MR) is 179 cm³/mol. The number of hydrogen-bond donors (Lipinski definition) is 2. The van der Waals surface area contributed by atoms with E-state index >= 15 is 0 Å². The molecular formula is C36H54BrN3O2S. The fraction of sp³-hybridized carbons (Fsp3) is 0.556. The van der Waals surface area contributed by atoms with E-state index in [1.54, 1.807) is 11.3 Å². The normalized spacial score (nSPS) is 11.2. The van der Waals surface area contributed by atoms with E-state index in [1.165, 1.54) is 75.5 Å². The van der Waals surface area contributed by atoms with Gasteiger partial charge in [-0.15, -0.1) is 0 Å². The Kier molecular flexibility index (Phi) is 17.0. The van der Waals surface area contributed by atoms with E-state index in [4.69, 9.17) is 4.74 Å². The molecule has 0 saturated carbocycles. The molecule has 0 aliphatic heterocycles. The molecule has 0 spiro atoms. The molecule has 3 aromatic rings. The van der Waals surface area contributed by atoms with Gasteiger partial charge in [0, 0.05) is 11.1 Å². The second-order valence-corrected chi connectivity index (χ2v) is 13.6. The highest BCUT2D eigenvalue weighted by Gasteiger charge is 2.22. The molecule has 43 heavy (non-hydrogen) atoms. The second kappa shape index (κ2) is 19.8. The zero-order valence-corrected chi connectivity index (χ0v) is 29.5. The number of aromatic nitrogens is 1. The summed E-state index contributed by atoms with van der Waals surface area (Å²) in [5.74, 6) is 0.779. The van der Waals surface area contributed by atoms with Crippen molar-refractivity contribution in [3.8, 4) is 5.75 Å². The predicted octanol–water partition coefficient (Wildman–Crippen LogP) is 7.42. The van der Waals surface area contributed by atoms with Crippen molar-refractivity contribution in [2.24, 2.45) is 0 Å². The summed E-state index contributed by atoms with van der Waals surface area (Å²) in [7, 11) is 0. The average molecular weight is 673 g/mol. The number of hydrogen-bond acceptors (Lipinski definition) is 3. The van der Waals surface area contributed by atoms with Gasteiger partial charge in [-0.3, -0.25) is 0 Å². The Balaban J connectivity index is 0.00000645. The van der Waals surface area contributed by atoms with Gasteiger partial charge in [-0.2, -0.15) is 4.57 Å². The molecule has 238 valence electrons. The van der Waals surface area contributed by atoms with Crippen LogP contribution in [0.1, 0.15) is 121 Å². The molecule has 0 unspecified atom stereocenters.